The fourth-order valence-electron chi connectivity index (χ4n) is 7.66. The van der Waals surface area contributed by atoms with Crippen LogP contribution in [0.1, 0.15) is 0 Å². The summed E-state index contributed by atoms with van der Waals surface area (Å²) in [6.45, 7) is 0. The molecule has 0 aliphatic rings. The standard InChI is InChI=1S/C46H29N3/c1-2-13-31-28-33(26-25-30(31)12-1)44-35-16-3-5-18-37(35)45(38-19-6-4-17-36(38)44)41-22-10-21-40(48-41)32-14-9-15-34(29-32)49-42-23-8-7-20-39(42)46-43(49)24-11-27-47-46/h1-29H. The van der Waals surface area contributed by atoms with Gasteiger partial charge in [0.15, 0.2) is 0 Å². The molecule has 0 amide bonds. The summed E-state index contributed by atoms with van der Waals surface area (Å²) in [5.74, 6) is 0. The fourth-order valence-corrected chi connectivity index (χ4v) is 7.66. The number of aromatic nitrogens is 3. The number of hydrogen-bond acceptors (Lipinski definition) is 2. The molecule has 0 unspecified atom stereocenters. The number of benzene rings is 7. The monoisotopic (exact) mass is 623 g/mol. The Labute approximate surface area is 283 Å². The van der Waals surface area contributed by atoms with Crippen LogP contribution < -0.4 is 0 Å². The third kappa shape index (κ3) is 4.37. The number of nitrogens with zero attached hydrogens (tertiary/aromatic N) is 3. The second kappa shape index (κ2) is 11.0. The van der Waals surface area contributed by atoms with Gasteiger partial charge in [-0.2, -0.15) is 0 Å². The van der Waals surface area contributed by atoms with Crippen LogP contribution in [0.5, 0.6) is 0 Å². The van der Waals surface area contributed by atoms with Crippen molar-refractivity contribution < 1.29 is 0 Å². The highest BCUT2D eigenvalue weighted by molar-refractivity contribution is 6.21. The predicted molar refractivity (Wildman–Crippen MR) is 205 cm³/mol. The number of rotatable bonds is 4. The van der Waals surface area contributed by atoms with Crippen molar-refractivity contribution in [3.63, 3.8) is 0 Å². The Bertz CT molecular complexity index is 2790. The SMILES string of the molecule is c1cc(-c2cccc(-c3c4ccccc4c(-c4ccc5ccccc5c4)c4ccccc34)n2)cc(-n2c3ccccc3c3ncccc32)c1. The van der Waals surface area contributed by atoms with Crippen LogP contribution in [0.3, 0.4) is 0 Å². The van der Waals surface area contributed by atoms with E-state index in [2.05, 4.69) is 168 Å². The van der Waals surface area contributed by atoms with Gasteiger partial charge < -0.3 is 4.57 Å². The van der Waals surface area contributed by atoms with Gasteiger partial charge in [-0.05, 0) is 92.0 Å². The number of para-hydroxylation sites is 1. The van der Waals surface area contributed by atoms with Gasteiger partial charge >= 0.3 is 0 Å². The van der Waals surface area contributed by atoms with Gasteiger partial charge in [-0.15, -0.1) is 0 Å². The van der Waals surface area contributed by atoms with E-state index in [1.165, 1.54) is 43.4 Å². The highest BCUT2D eigenvalue weighted by Crippen LogP contribution is 2.44. The zero-order chi connectivity index (χ0) is 32.3. The second-order valence-corrected chi connectivity index (χ2v) is 12.6. The Balaban J connectivity index is 1.16. The Morgan fingerprint density at radius 1 is 0.388 bits per heavy atom. The molecular weight excluding hydrogens is 595 g/mol. The molecule has 0 saturated carbocycles. The van der Waals surface area contributed by atoms with E-state index in [1.807, 2.05) is 12.3 Å². The van der Waals surface area contributed by atoms with E-state index >= 15 is 0 Å². The molecule has 0 atom stereocenters. The highest BCUT2D eigenvalue weighted by atomic mass is 15.0. The Morgan fingerprint density at radius 2 is 1.02 bits per heavy atom. The first-order valence-corrected chi connectivity index (χ1v) is 16.7. The molecule has 3 heterocycles. The van der Waals surface area contributed by atoms with Gasteiger partial charge in [-0.1, -0.05) is 121 Å². The molecule has 3 nitrogen and oxygen atoms in total. The van der Waals surface area contributed by atoms with E-state index in [4.69, 9.17) is 9.97 Å². The maximum Gasteiger partial charge on any atom is 0.0963 e. The van der Waals surface area contributed by atoms with Gasteiger partial charge in [0.1, 0.15) is 0 Å². The maximum atomic E-state index is 5.38. The predicted octanol–water partition coefficient (Wildman–Crippen LogP) is 12.0. The lowest BCUT2D eigenvalue weighted by Gasteiger charge is -2.18. The maximum absolute atomic E-state index is 5.38. The summed E-state index contributed by atoms with van der Waals surface area (Å²) in [7, 11) is 0. The topological polar surface area (TPSA) is 30.7 Å². The summed E-state index contributed by atoms with van der Waals surface area (Å²) in [5.41, 5.74) is 10.9. The lowest BCUT2D eigenvalue weighted by Crippen LogP contribution is -1.96. The molecule has 10 aromatic rings. The minimum absolute atomic E-state index is 0.935. The summed E-state index contributed by atoms with van der Waals surface area (Å²) in [6, 6.07) is 60.7. The van der Waals surface area contributed by atoms with Crippen LogP contribution in [-0.2, 0) is 0 Å². The van der Waals surface area contributed by atoms with Gasteiger partial charge in [0, 0.05) is 28.4 Å². The van der Waals surface area contributed by atoms with Crippen molar-refractivity contribution in [2.75, 3.05) is 0 Å². The Kier molecular flexibility index (Phi) is 6.18. The van der Waals surface area contributed by atoms with E-state index in [-0.39, 0.29) is 0 Å². The van der Waals surface area contributed by atoms with Gasteiger partial charge in [-0.3, -0.25) is 4.98 Å². The Hall–Kier alpha value is -6.58. The first-order valence-electron chi connectivity index (χ1n) is 16.7. The van der Waals surface area contributed by atoms with Crippen LogP contribution >= 0.6 is 0 Å². The van der Waals surface area contributed by atoms with E-state index in [9.17, 15) is 0 Å². The number of pyridine rings is 2. The van der Waals surface area contributed by atoms with E-state index in [0.29, 0.717) is 0 Å². The van der Waals surface area contributed by atoms with Crippen molar-refractivity contribution in [1.82, 2.24) is 14.5 Å². The van der Waals surface area contributed by atoms with Crippen molar-refractivity contribution in [3.05, 3.63) is 176 Å². The van der Waals surface area contributed by atoms with Crippen molar-refractivity contribution in [2.45, 2.75) is 0 Å². The Morgan fingerprint density at radius 3 is 1.82 bits per heavy atom. The minimum Gasteiger partial charge on any atom is -0.308 e. The summed E-state index contributed by atoms with van der Waals surface area (Å²) in [5, 5.41) is 8.47. The van der Waals surface area contributed by atoms with Gasteiger partial charge in [-0.25, -0.2) is 4.98 Å². The van der Waals surface area contributed by atoms with Crippen LogP contribution in [0.15, 0.2) is 176 Å². The number of hydrogen-bond donors (Lipinski definition) is 0. The van der Waals surface area contributed by atoms with Crippen molar-refractivity contribution >= 4 is 54.3 Å². The third-order valence-corrected chi connectivity index (χ3v) is 9.80. The van der Waals surface area contributed by atoms with Crippen LogP contribution in [0.25, 0.3) is 93.6 Å². The van der Waals surface area contributed by atoms with Crippen molar-refractivity contribution in [3.8, 4) is 39.3 Å². The molecular formula is C46H29N3. The average Bonchev–Trinajstić information content (AvgIpc) is 3.51. The van der Waals surface area contributed by atoms with Crippen LogP contribution in [0, 0.1) is 0 Å². The fraction of sp³-hybridized carbons (Fsp3) is 0. The van der Waals surface area contributed by atoms with E-state index in [0.717, 1.165) is 50.1 Å². The molecule has 0 spiro atoms. The van der Waals surface area contributed by atoms with Crippen LogP contribution in [0.4, 0.5) is 0 Å². The minimum atomic E-state index is 0.935. The largest absolute Gasteiger partial charge is 0.308 e. The summed E-state index contributed by atoms with van der Waals surface area (Å²) in [6.07, 6.45) is 1.87. The van der Waals surface area contributed by atoms with Gasteiger partial charge in [0.2, 0.25) is 0 Å². The van der Waals surface area contributed by atoms with E-state index in [1.54, 1.807) is 0 Å². The quantitative estimate of drug-likeness (QED) is 0.183. The molecule has 0 aliphatic carbocycles. The van der Waals surface area contributed by atoms with Crippen molar-refractivity contribution in [1.29, 1.82) is 0 Å². The number of fused-ring (bicyclic) bond motifs is 6. The molecule has 0 saturated heterocycles. The van der Waals surface area contributed by atoms with Crippen LogP contribution in [-0.4, -0.2) is 14.5 Å². The molecule has 0 N–H and O–H groups in total. The molecule has 49 heavy (non-hydrogen) atoms. The normalized spacial score (nSPS) is 11.7. The molecule has 10 rings (SSSR count). The highest BCUT2D eigenvalue weighted by Gasteiger charge is 2.18. The second-order valence-electron chi connectivity index (χ2n) is 12.6. The van der Waals surface area contributed by atoms with Gasteiger partial charge in [0.05, 0.1) is 27.9 Å². The molecule has 3 heteroatoms. The summed E-state index contributed by atoms with van der Waals surface area (Å²) in [4.78, 5) is 10.1. The molecule has 0 bridgehead atoms. The van der Waals surface area contributed by atoms with Crippen molar-refractivity contribution in [2.24, 2.45) is 0 Å². The molecule has 228 valence electrons. The molecule has 3 aromatic heterocycles. The summed E-state index contributed by atoms with van der Waals surface area (Å²) < 4.78 is 2.30. The smallest absolute Gasteiger partial charge is 0.0963 e. The molecule has 0 aliphatic heterocycles. The average molecular weight is 624 g/mol. The lowest BCUT2D eigenvalue weighted by atomic mass is 9.86. The lowest BCUT2D eigenvalue weighted by molar-refractivity contribution is 1.17. The molecule has 0 radical (unpaired) electrons. The zero-order valence-corrected chi connectivity index (χ0v) is 26.6. The first kappa shape index (κ1) is 27.5. The summed E-state index contributed by atoms with van der Waals surface area (Å²) >= 11 is 0. The first-order chi connectivity index (χ1) is 24.3. The zero-order valence-electron chi connectivity index (χ0n) is 26.6. The molecule has 0 fully saturated rings. The third-order valence-electron chi connectivity index (χ3n) is 9.80. The van der Waals surface area contributed by atoms with E-state index < -0.39 is 0 Å². The van der Waals surface area contributed by atoms with Gasteiger partial charge in [0.25, 0.3) is 0 Å². The molecule has 7 aromatic carbocycles. The van der Waals surface area contributed by atoms with Crippen LogP contribution in [0.2, 0.25) is 0 Å².